The Bertz CT molecular complexity index is 500. The minimum absolute atomic E-state index is 0.165. The maximum Gasteiger partial charge on any atom is 0.411 e. The summed E-state index contributed by atoms with van der Waals surface area (Å²) >= 11 is 0. The van der Waals surface area contributed by atoms with Crippen LogP contribution in [-0.4, -0.2) is 36.0 Å². The molecule has 0 radical (unpaired) electrons. The quantitative estimate of drug-likeness (QED) is 0.649. The van der Waals surface area contributed by atoms with Gasteiger partial charge in [0.2, 0.25) is 0 Å². The Morgan fingerprint density at radius 2 is 1.68 bits per heavy atom. The summed E-state index contributed by atoms with van der Waals surface area (Å²) in [5.74, 6) is 0. The second-order valence-electron chi connectivity index (χ2n) is 5.08. The topological polar surface area (TPSA) is 99.7 Å². The van der Waals surface area contributed by atoms with Gasteiger partial charge in [-0.3, -0.25) is 5.32 Å². The molecule has 1 aromatic rings. The van der Waals surface area contributed by atoms with Crippen LogP contribution in [-0.2, 0) is 4.74 Å². The van der Waals surface area contributed by atoms with Crippen LogP contribution in [0.15, 0.2) is 24.3 Å². The van der Waals surface area contributed by atoms with Crippen molar-refractivity contribution < 1.29 is 19.4 Å². The van der Waals surface area contributed by atoms with Gasteiger partial charge in [-0.15, -0.1) is 0 Å². The minimum atomic E-state index is -0.926. The van der Waals surface area contributed by atoms with E-state index in [9.17, 15) is 14.7 Å². The van der Waals surface area contributed by atoms with Crippen molar-refractivity contribution >= 4 is 23.5 Å². The summed E-state index contributed by atoms with van der Waals surface area (Å²) in [6, 6.07) is 6.20. The van der Waals surface area contributed by atoms with Crippen LogP contribution in [0.3, 0.4) is 0 Å². The summed E-state index contributed by atoms with van der Waals surface area (Å²) in [6.45, 7) is 5.68. The zero-order valence-corrected chi connectivity index (χ0v) is 13.1. The van der Waals surface area contributed by atoms with Gasteiger partial charge < -0.3 is 20.5 Å². The number of rotatable bonds is 6. The van der Waals surface area contributed by atoms with Crippen molar-refractivity contribution in [3.8, 4) is 0 Å². The van der Waals surface area contributed by atoms with Crippen LogP contribution in [0.25, 0.3) is 0 Å². The van der Waals surface area contributed by atoms with E-state index in [-0.39, 0.29) is 6.54 Å². The van der Waals surface area contributed by atoms with E-state index in [2.05, 4.69) is 16.0 Å². The second-order valence-corrected chi connectivity index (χ2v) is 5.08. The molecule has 1 atom stereocenters. The fraction of sp³-hybridized carbons (Fsp3) is 0.467. The number of hydrogen-bond donors (Lipinski definition) is 4. The molecule has 7 nitrogen and oxygen atoms in total. The molecule has 0 aliphatic carbocycles. The van der Waals surface area contributed by atoms with E-state index in [0.29, 0.717) is 24.4 Å². The van der Waals surface area contributed by atoms with Gasteiger partial charge in [-0.2, -0.15) is 0 Å². The molecule has 0 aromatic heterocycles. The normalized spacial score (nSPS) is 12.9. The van der Waals surface area contributed by atoms with Crippen LogP contribution < -0.4 is 16.0 Å². The maximum atomic E-state index is 11.7. The number of urea groups is 1. The summed E-state index contributed by atoms with van der Waals surface area (Å²) in [4.78, 5) is 22.9. The fourth-order valence-corrected chi connectivity index (χ4v) is 1.49. The zero-order chi connectivity index (χ0) is 16.6. The molecule has 0 bridgehead atoms. The Balaban J connectivity index is 2.47. The standard InChI is InChI=1S/C15H23N3O4/c1-4-15(3,21)10-16-13(19)17-11-6-8-12(9-7-11)18-14(20)22-5-2/h6-9,21H,4-5,10H2,1-3H3,(H,18,20)(H2,16,17,19)/t15-/m0/s1. The third kappa shape index (κ3) is 6.45. The van der Waals surface area contributed by atoms with Crippen LogP contribution in [0.5, 0.6) is 0 Å². The minimum Gasteiger partial charge on any atom is -0.450 e. The van der Waals surface area contributed by atoms with Crippen molar-refractivity contribution in [1.82, 2.24) is 5.32 Å². The summed E-state index contributed by atoms with van der Waals surface area (Å²) in [5.41, 5.74) is 0.214. The lowest BCUT2D eigenvalue weighted by Gasteiger charge is -2.21. The SMILES string of the molecule is CCOC(=O)Nc1ccc(NC(=O)NC[C@@](C)(O)CC)cc1. The first kappa shape index (κ1) is 17.8. The molecule has 0 saturated heterocycles. The molecule has 22 heavy (non-hydrogen) atoms. The average Bonchev–Trinajstić information content (AvgIpc) is 2.48. The molecule has 0 fully saturated rings. The maximum absolute atomic E-state index is 11.7. The number of carbonyl (C=O) groups excluding carboxylic acids is 2. The van der Waals surface area contributed by atoms with Crippen molar-refractivity contribution in [3.63, 3.8) is 0 Å². The van der Waals surface area contributed by atoms with E-state index >= 15 is 0 Å². The Morgan fingerprint density at radius 3 is 2.18 bits per heavy atom. The highest BCUT2D eigenvalue weighted by atomic mass is 16.5. The van der Waals surface area contributed by atoms with Gasteiger partial charge in [0.15, 0.2) is 0 Å². The van der Waals surface area contributed by atoms with Gasteiger partial charge in [0.25, 0.3) is 0 Å². The third-order valence-corrected chi connectivity index (χ3v) is 3.06. The number of aliphatic hydroxyl groups is 1. The molecule has 3 amide bonds. The van der Waals surface area contributed by atoms with Crippen LogP contribution in [0.1, 0.15) is 27.2 Å². The number of ether oxygens (including phenoxy) is 1. The van der Waals surface area contributed by atoms with Crippen molar-refractivity contribution in [3.05, 3.63) is 24.3 Å². The van der Waals surface area contributed by atoms with E-state index in [1.165, 1.54) is 0 Å². The predicted molar refractivity (Wildman–Crippen MR) is 85.0 cm³/mol. The molecular weight excluding hydrogens is 286 g/mol. The number of carbonyl (C=O) groups is 2. The van der Waals surface area contributed by atoms with Crippen molar-refractivity contribution in [2.24, 2.45) is 0 Å². The van der Waals surface area contributed by atoms with Crippen LogP contribution in [0.4, 0.5) is 21.0 Å². The second kappa shape index (κ2) is 8.23. The Hall–Kier alpha value is -2.28. The van der Waals surface area contributed by atoms with Gasteiger partial charge in [-0.1, -0.05) is 6.92 Å². The molecule has 0 aliphatic heterocycles. The number of nitrogens with one attached hydrogen (secondary N) is 3. The molecule has 1 rings (SSSR count). The van der Waals surface area contributed by atoms with Crippen molar-refractivity contribution in [2.45, 2.75) is 32.8 Å². The van der Waals surface area contributed by atoms with Crippen molar-refractivity contribution in [1.29, 1.82) is 0 Å². The highest BCUT2D eigenvalue weighted by Gasteiger charge is 2.18. The number of hydrogen-bond acceptors (Lipinski definition) is 4. The highest BCUT2D eigenvalue weighted by molar-refractivity contribution is 5.90. The Labute approximate surface area is 130 Å². The molecule has 1 aromatic carbocycles. The largest absolute Gasteiger partial charge is 0.450 e. The van der Waals surface area contributed by atoms with Gasteiger partial charge in [0, 0.05) is 17.9 Å². The van der Waals surface area contributed by atoms with Crippen LogP contribution in [0.2, 0.25) is 0 Å². The van der Waals surface area contributed by atoms with E-state index in [1.54, 1.807) is 38.1 Å². The molecule has 0 unspecified atom stereocenters. The van der Waals surface area contributed by atoms with Gasteiger partial charge in [-0.25, -0.2) is 9.59 Å². The highest BCUT2D eigenvalue weighted by Crippen LogP contribution is 2.14. The summed E-state index contributed by atoms with van der Waals surface area (Å²) in [7, 11) is 0. The average molecular weight is 309 g/mol. The lowest BCUT2D eigenvalue weighted by Crippen LogP contribution is -2.41. The molecule has 0 saturated carbocycles. The number of anilines is 2. The third-order valence-electron chi connectivity index (χ3n) is 3.06. The fourth-order valence-electron chi connectivity index (χ4n) is 1.49. The molecule has 122 valence electrons. The van der Waals surface area contributed by atoms with E-state index < -0.39 is 17.7 Å². The molecule has 4 N–H and O–H groups in total. The summed E-state index contributed by atoms with van der Waals surface area (Å²) < 4.78 is 4.76. The first-order valence-corrected chi connectivity index (χ1v) is 7.17. The smallest absolute Gasteiger partial charge is 0.411 e. The van der Waals surface area contributed by atoms with Crippen molar-refractivity contribution in [2.75, 3.05) is 23.8 Å². The predicted octanol–water partition coefficient (Wildman–Crippen LogP) is 2.54. The lowest BCUT2D eigenvalue weighted by molar-refractivity contribution is 0.0587. The first-order chi connectivity index (χ1) is 10.4. The Kier molecular flexibility index (Phi) is 6.65. The summed E-state index contributed by atoms with van der Waals surface area (Å²) in [5, 5.41) is 17.6. The molecule has 0 heterocycles. The monoisotopic (exact) mass is 309 g/mol. The van der Waals surface area contributed by atoms with E-state index in [1.807, 2.05) is 6.92 Å². The van der Waals surface area contributed by atoms with Crippen LogP contribution >= 0.6 is 0 Å². The molecule has 7 heteroatoms. The van der Waals surface area contributed by atoms with Gasteiger partial charge in [0.05, 0.1) is 12.2 Å². The van der Waals surface area contributed by atoms with Gasteiger partial charge in [0.1, 0.15) is 0 Å². The molecular formula is C15H23N3O4. The van der Waals surface area contributed by atoms with Crippen LogP contribution in [0, 0.1) is 0 Å². The van der Waals surface area contributed by atoms with E-state index in [0.717, 1.165) is 0 Å². The Morgan fingerprint density at radius 1 is 1.14 bits per heavy atom. The lowest BCUT2D eigenvalue weighted by atomic mass is 10.0. The summed E-state index contributed by atoms with van der Waals surface area (Å²) in [6.07, 6.45) is 0.0179. The van der Waals surface area contributed by atoms with Gasteiger partial charge >= 0.3 is 12.1 Å². The van der Waals surface area contributed by atoms with E-state index in [4.69, 9.17) is 4.74 Å². The first-order valence-electron chi connectivity index (χ1n) is 7.17. The molecule has 0 spiro atoms. The zero-order valence-electron chi connectivity index (χ0n) is 13.1. The van der Waals surface area contributed by atoms with Gasteiger partial charge in [-0.05, 0) is 44.5 Å². The number of amides is 3. The number of benzene rings is 1. The molecule has 0 aliphatic rings.